The minimum Gasteiger partial charge on any atom is -0.497 e. The van der Waals surface area contributed by atoms with E-state index in [1.165, 1.54) is 0 Å². The van der Waals surface area contributed by atoms with Crippen molar-refractivity contribution in [3.63, 3.8) is 0 Å². The SMILES string of the molecule is COc1ccc(OC)c(Nc2ncccc2Br)c1. The molecule has 1 heterocycles. The molecule has 0 atom stereocenters. The van der Waals surface area contributed by atoms with Crippen LogP contribution in [0.25, 0.3) is 0 Å². The molecule has 1 aromatic carbocycles. The van der Waals surface area contributed by atoms with Gasteiger partial charge >= 0.3 is 0 Å². The van der Waals surface area contributed by atoms with Gasteiger partial charge in [-0.2, -0.15) is 0 Å². The zero-order valence-corrected chi connectivity index (χ0v) is 11.7. The normalized spacial score (nSPS) is 9.94. The highest BCUT2D eigenvalue weighted by Crippen LogP contribution is 2.32. The second-order valence-corrected chi connectivity index (χ2v) is 4.38. The standard InChI is InChI=1S/C13H13BrN2O2/c1-17-9-5-6-12(18-2)11(8-9)16-13-10(14)4-3-7-15-13/h3-8H,1-2H3,(H,15,16). The van der Waals surface area contributed by atoms with Gasteiger partial charge < -0.3 is 14.8 Å². The summed E-state index contributed by atoms with van der Waals surface area (Å²) in [6.45, 7) is 0. The third-order valence-electron chi connectivity index (χ3n) is 2.42. The number of anilines is 2. The van der Waals surface area contributed by atoms with Crippen LogP contribution in [0.4, 0.5) is 11.5 Å². The molecule has 0 aliphatic carbocycles. The summed E-state index contributed by atoms with van der Waals surface area (Å²) in [6, 6.07) is 9.33. The number of rotatable bonds is 4. The van der Waals surface area contributed by atoms with Crippen LogP contribution in [0.15, 0.2) is 41.0 Å². The van der Waals surface area contributed by atoms with Gasteiger partial charge in [0.15, 0.2) is 0 Å². The third kappa shape index (κ3) is 2.73. The molecule has 1 N–H and O–H groups in total. The summed E-state index contributed by atoms with van der Waals surface area (Å²) in [6.07, 6.45) is 1.72. The van der Waals surface area contributed by atoms with Gasteiger partial charge in [0.1, 0.15) is 17.3 Å². The summed E-state index contributed by atoms with van der Waals surface area (Å²) in [5.41, 5.74) is 0.802. The molecule has 0 fully saturated rings. The second kappa shape index (κ2) is 5.73. The van der Waals surface area contributed by atoms with Crippen LogP contribution in [0.2, 0.25) is 0 Å². The predicted octanol–water partition coefficient (Wildman–Crippen LogP) is 3.60. The van der Waals surface area contributed by atoms with E-state index in [9.17, 15) is 0 Å². The maximum Gasteiger partial charge on any atom is 0.144 e. The van der Waals surface area contributed by atoms with Crippen molar-refractivity contribution in [2.45, 2.75) is 0 Å². The fourth-order valence-electron chi connectivity index (χ4n) is 1.52. The monoisotopic (exact) mass is 308 g/mol. The number of pyridine rings is 1. The highest BCUT2D eigenvalue weighted by molar-refractivity contribution is 9.10. The number of nitrogens with zero attached hydrogens (tertiary/aromatic N) is 1. The van der Waals surface area contributed by atoms with Crippen molar-refractivity contribution in [2.24, 2.45) is 0 Å². The average molecular weight is 309 g/mol. The fourth-order valence-corrected chi connectivity index (χ4v) is 1.87. The highest BCUT2D eigenvalue weighted by atomic mass is 79.9. The Bertz CT molecular complexity index is 546. The Morgan fingerprint density at radius 2 is 2.00 bits per heavy atom. The molecule has 2 rings (SSSR count). The minimum absolute atomic E-state index is 0.726. The maximum atomic E-state index is 5.30. The van der Waals surface area contributed by atoms with E-state index in [2.05, 4.69) is 26.2 Å². The van der Waals surface area contributed by atoms with E-state index >= 15 is 0 Å². The van der Waals surface area contributed by atoms with Crippen LogP contribution in [0.1, 0.15) is 0 Å². The number of hydrogen-bond donors (Lipinski definition) is 1. The molecular weight excluding hydrogens is 296 g/mol. The number of halogens is 1. The first-order chi connectivity index (χ1) is 8.74. The lowest BCUT2D eigenvalue weighted by Crippen LogP contribution is -1.98. The number of ether oxygens (including phenoxy) is 2. The smallest absolute Gasteiger partial charge is 0.144 e. The third-order valence-corrected chi connectivity index (χ3v) is 3.06. The van der Waals surface area contributed by atoms with E-state index in [0.717, 1.165) is 27.5 Å². The Morgan fingerprint density at radius 1 is 1.17 bits per heavy atom. The van der Waals surface area contributed by atoms with Crippen LogP contribution in [0.5, 0.6) is 11.5 Å². The molecule has 94 valence electrons. The summed E-state index contributed by atoms with van der Waals surface area (Å²) < 4.78 is 11.4. The number of nitrogens with one attached hydrogen (secondary N) is 1. The molecule has 5 heteroatoms. The summed E-state index contributed by atoms with van der Waals surface area (Å²) in [5, 5.41) is 3.20. The molecule has 0 aliphatic heterocycles. The Morgan fingerprint density at radius 3 is 2.67 bits per heavy atom. The van der Waals surface area contributed by atoms with Gasteiger partial charge in [0, 0.05) is 12.3 Å². The van der Waals surface area contributed by atoms with Crippen molar-refractivity contribution in [3.8, 4) is 11.5 Å². The van der Waals surface area contributed by atoms with Crippen LogP contribution >= 0.6 is 15.9 Å². The fraction of sp³-hybridized carbons (Fsp3) is 0.154. The van der Waals surface area contributed by atoms with E-state index in [0.29, 0.717) is 0 Å². The van der Waals surface area contributed by atoms with Crippen molar-refractivity contribution in [2.75, 3.05) is 19.5 Å². The maximum absolute atomic E-state index is 5.30. The van der Waals surface area contributed by atoms with Crippen molar-refractivity contribution < 1.29 is 9.47 Å². The van der Waals surface area contributed by atoms with Gasteiger partial charge in [0.25, 0.3) is 0 Å². The zero-order valence-electron chi connectivity index (χ0n) is 10.1. The summed E-state index contributed by atoms with van der Waals surface area (Å²) in [7, 11) is 3.25. The number of benzene rings is 1. The molecule has 0 radical (unpaired) electrons. The highest BCUT2D eigenvalue weighted by Gasteiger charge is 2.07. The number of aromatic nitrogens is 1. The van der Waals surface area contributed by atoms with Crippen molar-refractivity contribution in [1.29, 1.82) is 0 Å². The van der Waals surface area contributed by atoms with Crippen LogP contribution in [0.3, 0.4) is 0 Å². The Balaban J connectivity index is 2.35. The van der Waals surface area contributed by atoms with Crippen molar-refractivity contribution in [1.82, 2.24) is 4.98 Å². The van der Waals surface area contributed by atoms with Crippen LogP contribution in [0, 0.1) is 0 Å². The van der Waals surface area contributed by atoms with Crippen molar-refractivity contribution >= 4 is 27.4 Å². The van der Waals surface area contributed by atoms with E-state index in [1.807, 2.05) is 30.3 Å². The Labute approximate surface area is 114 Å². The van der Waals surface area contributed by atoms with Crippen molar-refractivity contribution in [3.05, 3.63) is 41.0 Å². The van der Waals surface area contributed by atoms with E-state index in [-0.39, 0.29) is 0 Å². The van der Waals surface area contributed by atoms with Crippen LogP contribution in [-0.2, 0) is 0 Å². The molecule has 0 bridgehead atoms. The first-order valence-corrected chi connectivity index (χ1v) is 6.13. The Kier molecular flexibility index (Phi) is 4.04. The topological polar surface area (TPSA) is 43.4 Å². The molecule has 0 saturated heterocycles. The van der Waals surface area contributed by atoms with E-state index in [4.69, 9.17) is 9.47 Å². The molecule has 0 saturated carbocycles. The van der Waals surface area contributed by atoms with Crippen LogP contribution < -0.4 is 14.8 Å². The number of methoxy groups -OCH3 is 2. The molecular formula is C13H13BrN2O2. The minimum atomic E-state index is 0.726. The van der Waals surface area contributed by atoms with Crippen LogP contribution in [-0.4, -0.2) is 19.2 Å². The van der Waals surface area contributed by atoms with Gasteiger partial charge in [-0.1, -0.05) is 0 Å². The molecule has 2 aromatic rings. The van der Waals surface area contributed by atoms with E-state index in [1.54, 1.807) is 20.4 Å². The van der Waals surface area contributed by atoms with Gasteiger partial charge in [-0.25, -0.2) is 4.98 Å². The lowest BCUT2D eigenvalue weighted by Gasteiger charge is -2.12. The lowest BCUT2D eigenvalue weighted by molar-refractivity contribution is 0.405. The molecule has 1 aromatic heterocycles. The van der Waals surface area contributed by atoms with E-state index < -0.39 is 0 Å². The quantitative estimate of drug-likeness (QED) is 0.937. The molecule has 18 heavy (non-hydrogen) atoms. The summed E-state index contributed by atoms with van der Waals surface area (Å²) >= 11 is 3.44. The van der Waals surface area contributed by atoms with Gasteiger partial charge in [0.2, 0.25) is 0 Å². The molecule has 0 spiro atoms. The van der Waals surface area contributed by atoms with Gasteiger partial charge in [0.05, 0.1) is 24.4 Å². The number of hydrogen-bond acceptors (Lipinski definition) is 4. The molecule has 0 amide bonds. The van der Waals surface area contributed by atoms with Gasteiger partial charge in [-0.15, -0.1) is 0 Å². The second-order valence-electron chi connectivity index (χ2n) is 3.53. The lowest BCUT2D eigenvalue weighted by atomic mass is 10.2. The average Bonchev–Trinajstić information content (AvgIpc) is 2.41. The summed E-state index contributed by atoms with van der Waals surface area (Å²) in [5.74, 6) is 2.21. The molecule has 0 aliphatic rings. The first-order valence-electron chi connectivity index (χ1n) is 5.34. The van der Waals surface area contributed by atoms with Gasteiger partial charge in [-0.3, -0.25) is 0 Å². The summed E-state index contributed by atoms with van der Waals surface area (Å²) in [4.78, 5) is 4.25. The predicted molar refractivity (Wildman–Crippen MR) is 74.8 cm³/mol. The van der Waals surface area contributed by atoms with Gasteiger partial charge in [-0.05, 0) is 40.2 Å². The molecule has 4 nitrogen and oxygen atoms in total. The molecule has 0 unspecified atom stereocenters. The zero-order chi connectivity index (χ0) is 13.0. The largest absolute Gasteiger partial charge is 0.497 e. The Hall–Kier alpha value is -1.75. The first kappa shape index (κ1) is 12.7.